The Balaban J connectivity index is 0.00000126. The molecule has 0 aromatic heterocycles. The molecular weight excluding hydrogens is 757 g/mol. The van der Waals surface area contributed by atoms with Gasteiger partial charge in [-0.2, -0.15) is 0 Å². The molecule has 4 aromatic carbocycles. The average molecular weight is 769 g/mol. The highest BCUT2D eigenvalue weighted by atomic mass is 27.2. The molecule has 0 fully saturated rings. The topological polar surface area (TPSA) is 27.6 Å². The van der Waals surface area contributed by atoms with Crippen molar-refractivity contribution >= 4 is 30.8 Å². The Morgan fingerprint density at radius 2 is 0.440 bits per heavy atom. The van der Waals surface area contributed by atoms with Crippen LogP contribution in [0.1, 0.15) is 19.8 Å². The average Bonchev–Trinajstić information content (AvgIpc) is 3.08. The van der Waals surface area contributed by atoms with Crippen LogP contribution >= 0.6 is 0 Å². The number of hydrogen-bond acceptors (Lipinski definition) is 0. The van der Waals surface area contributed by atoms with Crippen LogP contribution in [0.5, 0.6) is 0 Å². The SMILES string of the molecule is CCCC[NH3+].Fc1c(F)c(F)[c]([Al-]([c]2c(F)c(F)c(F)c(F)c2F)([c]2c(F)c(F)c(F)c(F)c2F)[c]2c(F)c(F)c(F)c(F)c2F)c(F)c1F. The van der Waals surface area contributed by atoms with Crippen molar-refractivity contribution in [2.45, 2.75) is 19.8 Å². The second kappa shape index (κ2) is 14.7. The number of rotatable bonds is 6. The smallest absolute Gasteiger partial charge is 0.300 e. The predicted octanol–water partition coefficient (Wildman–Crippen LogP) is 5.87. The molecule has 0 aliphatic heterocycles. The summed E-state index contributed by atoms with van der Waals surface area (Å²) in [6.07, 6.45) is 2.56. The molecule has 0 aliphatic carbocycles. The predicted molar refractivity (Wildman–Crippen MR) is 132 cm³/mol. The summed E-state index contributed by atoms with van der Waals surface area (Å²) in [7, 11) is 0. The highest BCUT2D eigenvalue weighted by molar-refractivity contribution is 7.20. The Kier molecular flexibility index (Phi) is 11.9. The van der Waals surface area contributed by atoms with Gasteiger partial charge in [0.1, 0.15) is 46.5 Å². The molecule has 4 rings (SSSR count). The molecule has 0 saturated carbocycles. The van der Waals surface area contributed by atoms with E-state index >= 15 is 35.1 Å². The van der Waals surface area contributed by atoms with Crippen LogP contribution < -0.4 is 23.4 Å². The van der Waals surface area contributed by atoms with Crippen LogP contribution in [0.4, 0.5) is 87.8 Å². The summed E-state index contributed by atoms with van der Waals surface area (Å²) < 4.78 is 280. The lowest BCUT2D eigenvalue weighted by Gasteiger charge is -2.42. The molecule has 1 nitrogen and oxygen atoms in total. The molecule has 22 heteroatoms. The summed E-state index contributed by atoms with van der Waals surface area (Å²) in [6.45, 7) is 3.27. The first-order valence-electron chi connectivity index (χ1n) is 13.1. The van der Waals surface area contributed by atoms with E-state index < -0.39 is 147 Å². The molecule has 0 saturated heterocycles. The van der Waals surface area contributed by atoms with Crippen molar-refractivity contribution in [3.63, 3.8) is 0 Å². The fourth-order valence-electron chi connectivity index (χ4n) is 5.12. The second-order valence-corrected chi connectivity index (χ2v) is 14.0. The third kappa shape index (κ3) is 5.83. The number of hydrogen-bond donors (Lipinski definition) is 1. The zero-order chi connectivity index (χ0) is 38.5. The van der Waals surface area contributed by atoms with E-state index in [0.29, 0.717) is 0 Å². The minimum atomic E-state index is -9.08. The van der Waals surface area contributed by atoms with Gasteiger partial charge in [0.15, 0.2) is 69.8 Å². The van der Waals surface area contributed by atoms with E-state index in [2.05, 4.69) is 12.7 Å². The Morgan fingerprint density at radius 1 is 0.300 bits per heavy atom. The van der Waals surface area contributed by atoms with Crippen molar-refractivity contribution in [1.82, 2.24) is 0 Å². The number of benzene rings is 4. The molecule has 0 amide bonds. The molecule has 3 N–H and O–H groups in total. The molecule has 50 heavy (non-hydrogen) atoms. The van der Waals surface area contributed by atoms with E-state index in [4.69, 9.17) is 0 Å². The fraction of sp³-hybridized carbons (Fsp3) is 0.143. The lowest BCUT2D eigenvalue weighted by Crippen LogP contribution is -2.81. The molecule has 0 spiro atoms. The highest BCUT2D eigenvalue weighted by Gasteiger charge is 2.55. The maximum atomic E-state index is 15.4. The van der Waals surface area contributed by atoms with Gasteiger partial charge in [-0.05, 0) is 6.42 Å². The Morgan fingerprint density at radius 3 is 0.540 bits per heavy atom. The van der Waals surface area contributed by atoms with Gasteiger partial charge in [0.05, 0.1) is 6.54 Å². The van der Waals surface area contributed by atoms with Crippen LogP contribution in [0.3, 0.4) is 0 Å². The van der Waals surface area contributed by atoms with E-state index in [1.54, 1.807) is 0 Å². The molecular formula is C28H12AlF20N. The molecule has 0 unspecified atom stereocenters. The Labute approximate surface area is 267 Å². The fourth-order valence-corrected chi connectivity index (χ4v) is 10.9. The number of unbranched alkanes of at least 4 members (excludes halogenated alkanes) is 1. The summed E-state index contributed by atoms with van der Waals surface area (Å²) in [5, 5.41) is 0. The summed E-state index contributed by atoms with van der Waals surface area (Å²) in [4.78, 5) is 0. The molecule has 4 aromatic rings. The van der Waals surface area contributed by atoms with Crippen molar-refractivity contribution in [2.24, 2.45) is 0 Å². The standard InChI is InChI=1S/4C6F5.C4H11N.Al/c4*7-2-1-3(8)5(10)6(11)4(2)9;1-2-3-4-5;/h;;;;2-5H2,1H3;/q;;;;;-1/p+1. The van der Waals surface area contributed by atoms with Crippen LogP contribution in [0.25, 0.3) is 0 Å². The van der Waals surface area contributed by atoms with Crippen LogP contribution in [0.15, 0.2) is 0 Å². The minimum Gasteiger partial charge on any atom is -0.358 e. The van der Waals surface area contributed by atoms with Crippen LogP contribution in [0, 0.1) is 116 Å². The van der Waals surface area contributed by atoms with E-state index in [1.807, 2.05) is 0 Å². The normalized spacial score (nSPS) is 11.6. The minimum absolute atomic E-state index is 1.09. The van der Waals surface area contributed by atoms with Crippen molar-refractivity contribution in [3.05, 3.63) is 116 Å². The van der Waals surface area contributed by atoms with Gasteiger partial charge in [-0.15, -0.1) is 17.7 Å². The molecule has 0 radical (unpaired) electrons. The van der Waals surface area contributed by atoms with Gasteiger partial charge in [0.25, 0.3) is 0 Å². The Bertz CT molecular complexity index is 1630. The van der Waals surface area contributed by atoms with Crippen molar-refractivity contribution in [3.8, 4) is 0 Å². The monoisotopic (exact) mass is 769 g/mol. The first-order valence-corrected chi connectivity index (χ1v) is 15.5. The quantitative estimate of drug-likeness (QED) is 0.110. The van der Waals surface area contributed by atoms with Gasteiger partial charge in [0.2, 0.25) is 0 Å². The van der Waals surface area contributed by atoms with Crippen molar-refractivity contribution in [1.29, 1.82) is 0 Å². The van der Waals surface area contributed by atoms with Gasteiger partial charge in [-0.3, -0.25) is 0 Å². The summed E-state index contributed by atoms with van der Waals surface area (Å²) in [6, 6.07) is 0. The number of halogens is 20. The van der Waals surface area contributed by atoms with E-state index in [0.717, 1.165) is 6.54 Å². The van der Waals surface area contributed by atoms with Gasteiger partial charge in [-0.1, -0.05) is 13.3 Å². The lowest BCUT2D eigenvalue weighted by molar-refractivity contribution is -0.368. The zero-order valence-electron chi connectivity index (χ0n) is 24.0. The van der Waals surface area contributed by atoms with E-state index in [9.17, 15) is 52.7 Å². The van der Waals surface area contributed by atoms with Crippen molar-refractivity contribution < 1.29 is 93.5 Å². The molecule has 0 bridgehead atoms. The Hall–Kier alpha value is -4.03. The third-order valence-corrected chi connectivity index (χ3v) is 12.8. The van der Waals surface area contributed by atoms with Gasteiger partial charge >= 0.3 is 13.1 Å². The largest absolute Gasteiger partial charge is 0.358 e. The molecule has 0 atom stereocenters. The second-order valence-electron chi connectivity index (χ2n) is 10.0. The molecule has 272 valence electrons. The van der Waals surface area contributed by atoms with Gasteiger partial charge < -0.3 is 5.73 Å². The van der Waals surface area contributed by atoms with Crippen LogP contribution in [-0.2, 0) is 0 Å². The van der Waals surface area contributed by atoms with E-state index in [1.165, 1.54) is 12.8 Å². The highest BCUT2D eigenvalue weighted by Crippen LogP contribution is 2.30. The summed E-state index contributed by atoms with van der Waals surface area (Å²) in [5.74, 6) is -70.8. The number of quaternary nitrogens is 1. The van der Waals surface area contributed by atoms with Gasteiger partial charge in [-0.25, -0.2) is 87.8 Å². The van der Waals surface area contributed by atoms with Crippen LogP contribution in [-0.4, -0.2) is 19.6 Å². The maximum absolute atomic E-state index is 15.4. The van der Waals surface area contributed by atoms with Gasteiger partial charge in [0, 0.05) is 0 Å². The van der Waals surface area contributed by atoms with Crippen LogP contribution in [0.2, 0.25) is 0 Å². The van der Waals surface area contributed by atoms with E-state index in [-0.39, 0.29) is 0 Å². The third-order valence-electron chi connectivity index (χ3n) is 7.31. The lowest BCUT2D eigenvalue weighted by atomic mass is 10.2. The summed E-state index contributed by atoms with van der Waals surface area (Å²) in [5.41, 5.74) is 3.68. The van der Waals surface area contributed by atoms with Crippen molar-refractivity contribution in [2.75, 3.05) is 6.54 Å². The zero-order valence-corrected chi connectivity index (χ0v) is 25.1. The molecule has 0 heterocycles. The summed E-state index contributed by atoms with van der Waals surface area (Å²) >= 11 is -9.08. The molecule has 0 aliphatic rings. The first-order chi connectivity index (χ1) is 23.1. The first kappa shape index (κ1) is 40.4. The maximum Gasteiger partial charge on any atom is 0.300 e.